The highest BCUT2D eigenvalue weighted by atomic mass is 19.1. The predicted octanol–water partition coefficient (Wildman–Crippen LogP) is 2.51. The van der Waals surface area contributed by atoms with Crippen molar-refractivity contribution in [3.8, 4) is 24.1 Å². The maximum absolute atomic E-state index is 14.7. The van der Waals surface area contributed by atoms with Gasteiger partial charge in [-0.2, -0.15) is 15.2 Å². The smallest absolute Gasteiger partial charge is 0.267 e. The molecule has 10 heteroatoms. The molecule has 0 radical (unpaired) electrons. The fraction of sp³-hybridized carbons (Fsp3) is 0.0870. The fourth-order valence-electron chi connectivity index (χ4n) is 3.49. The van der Waals surface area contributed by atoms with Gasteiger partial charge in [-0.05, 0) is 31.2 Å². The Bertz CT molecular complexity index is 1530. The summed E-state index contributed by atoms with van der Waals surface area (Å²) in [5, 5.41) is 12.4. The first-order valence-electron chi connectivity index (χ1n) is 9.72. The third kappa shape index (κ3) is 3.66. The van der Waals surface area contributed by atoms with Crippen molar-refractivity contribution < 1.29 is 4.39 Å². The van der Waals surface area contributed by atoms with Crippen molar-refractivity contribution in [2.75, 3.05) is 16.8 Å². The molecule has 0 fully saturated rings. The van der Waals surface area contributed by atoms with Gasteiger partial charge in [-0.25, -0.2) is 9.37 Å². The van der Waals surface area contributed by atoms with E-state index in [0.29, 0.717) is 5.69 Å². The highest BCUT2D eigenvalue weighted by Gasteiger charge is 2.23. The van der Waals surface area contributed by atoms with Gasteiger partial charge in [0.2, 0.25) is 5.95 Å². The molecule has 0 saturated heterocycles. The molecule has 0 bridgehead atoms. The molecule has 2 heterocycles. The summed E-state index contributed by atoms with van der Waals surface area (Å²) in [6.07, 6.45) is 5.55. The van der Waals surface area contributed by atoms with Crippen LogP contribution in [0.3, 0.4) is 0 Å². The number of nitrogens with zero attached hydrogens (tertiary/aromatic N) is 5. The van der Waals surface area contributed by atoms with E-state index in [-0.39, 0.29) is 45.4 Å². The van der Waals surface area contributed by atoms with E-state index in [4.69, 9.17) is 17.9 Å². The lowest BCUT2D eigenvalue weighted by molar-refractivity contribution is 0.632. The van der Waals surface area contributed by atoms with Gasteiger partial charge < -0.3 is 16.8 Å². The van der Waals surface area contributed by atoms with E-state index in [2.05, 4.69) is 26.2 Å². The number of hydrogen-bond donors (Lipinski definition) is 3. The third-order valence-electron chi connectivity index (χ3n) is 4.98. The van der Waals surface area contributed by atoms with Gasteiger partial charge in [0.1, 0.15) is 34.6 Å². The Morgan fingerprint density at radius 1 is 1.15 bits per heavy atom. The third-order valence-corrected chi connectivity index (χ3v) is 4.98. The van der Waals surface area contributed by atoms with Crippen LogP contribution in [0, 0.1) is 29.5 Å². The molecule has 5 N–H and O–H groups in total. The molecule has 162 valence electrons. The molecule has 0 amide bonds. The summed E-state index contributed by atoms with van der Waals surface area (Å²) in [6.45, 7) is 1.67. The van der Waals surface area contributed by atoms with Crippen molar-refractivity contribution >= 4 is 28.5 Å². The largest absolute Gasteiger partial charge is 0.382 e. The molecule has 33 heavy (non-hydrogen) atoms. The first kappa shape index (κ1) is 21.3. The zero-order chi connectivity index (χ0) is 23.7. The minimum Gasteiger partial charge on any atom is -0.382 e. The van der Waals surface area contributed by atoms with E-state index in [9.17, 15) is 14.4 Å². The number of nitrogen functional groups attached to an aromatic ring is 2. The molecule has 4 rings (SSSR count). The van der Waals surface area contributed by atoms with E-state index in [0.717, 1.165) is 6.07 Å². The molecule has 4 aromatic rings. The minimum atomic E-state index is -0.739. The molecule has 0 aliphatic carbocycles. The molecule has 2 aromatic carbocycles. The molecule has 0 aliphatic heterocycles. The van der Waals surface area contributed by atoms with Crippen molar-refractivity contribution in [3.05, 3.63) is 75.6 Å². The summed E-state index contributed by atoms with van der Waals surface area (Å²) in [4.78, 5) is 25.9. The molecular weight excluding hydrogens is 423 g/mol. The van der Waals surface area contributed by atoms with Crippen LogP contribution in [0.15, 0.2) is 47.3 Å². The Balaban J connectivity index is 2.00. The van der Waals surface area contributed by atoms with E-state index in [1.165, 1.54) is 10.6 Å². The van der Waals surface area contributed by atoms with Crippen molar-refractivity contribution in [1.82, 2.24) is 19.5 Å². The van der Waals surface area contributed by atoms with E-state index < -0.39 is 17.4 Å². The van der Waals surface area contributed by atoms with Crippen LogP contribution in [0.25, 0.3) is 16.6 Å². The summed E-state index contributed by atoms with van der Waals surface area (Å²) in [7, 11) is 0. The number of anilines is 3. The van der Waals surface area contributed by atoms with Gasteiger partial charge in [0, 0.05) is 5.56 Å². The highest BCUT2D eigenvalue weighted by molar-refractivity contribution is 5.85. The van der Waals surface area contributed by atoms with Crippen LogP contribution >= 0.6 is 0 Å². The average molecular weight is 440 g/mol. The van der Waals surface area contributed by atoms with E-state index in [1.807, 2.05) is 6.07 Å². The van der Waals surface area contributed by atoms with Crippen molar-refractivity contribution in [2.45, 2.75) is 13.0 Å². The van der Waals surface area contributed by atoms with E-state index >= 15 is 0 Å². The fourth-order valence-corrected chi connectivity index (χ4v) is 3.49. The lowest BCUT2D eigenvalue weighted by atomic mass is 10.1. The number of nitriles is 1. The molecule has 9 nitrogen and oxygen atoms in total. The van der Waals surface area contributed by atoms with Crippen LogP contribution in [0.1, 0.15) is 29.9 Å². The van der Waals surface area contributed by atoms with Gasteiger partial charge in [-0.3, -0.25) is 9.36 Å². The molecule has 0 spiro atoms. The van der Waals surface area contributed by atoms with Crippen LogP contribution in [-0.2, 0) is 0 Å². The summed E-state index contributed by atoms with van der Waals surface area (Å²) in [5.41, 5.74) is 11.5. The number of halogens is 1. The Morgan fingerprint density at radius 3 is 2.55 bits per heavy atom. The second kappa shape index (κ2) is 8.29. The normalized spacial score (nSPS) is 11.5. The Kier molecular flexibility index (Phi) is 5.34. The Hall–Kier alpha value is -4.96. The standard InChI is InChI=1S/C23H17FN8O/c1-3-13-9-10-16(24)18-17(13)22(33)32(14-7-5-4-6-8-14)21(29-18)12(2)28-20-15(11-25)19(26)30-23(27)31-20/h1,4-10,12H,2H3,(H5,26,27,28,30,31). The minimum absolute atomic E-state index is 0.00876. The first-order chi connectivity index (χ1) is 15.8. The second-order valence-electron chi connectivity index (χ2n) is 7.08. The summed E-state index contributed by atoms with van der Waals surface area (Å²) >= 11 is 0. The van der Waals surface area contributed by atoms with Crippen LogP contribution in [0.2, 0.25) is 0 Å². The highest BCUT2D eigenvalue weighted by Crippen LogP contribution is 2.26. The number of benzene rings is 2. The maximum atomic E-state index is 14.7. The number of hydrogen-bond acceptors (Lipinski definition) is 8. The molecule has 0 saturated carbocycles. The van der Waals surface area contributed by atoms with Gasteiger partial charge in [0.15, 0.2) is 5.82 Å². The zero-order valence-corrected chi connectivity index (χ0v) is 17.4. The lowest BCUT2D eigenvalue weighted by Crippen LogP contribution is -2.28. The van der Waals surface area contributed by atoms with Crippen LogP contribution in [-0.4, -0.2) is 19.5 Å². The number of fused-ring (bicyclic) bond motifs is 1. The van der Waals surface area contributed by atoms with Crippen LogP contribution < -0.4 is 22.3 Å². The van der Waals surface area contributed by atoms with Crippen molar-refractivity contribution in [3.63, 3.8) is 0 Å². The number of aromatic nitrogens is 4. The van der Waals surface area contributed by atoms with Gasteiger partial charge >= 0.3 is 0 Å². The Morgan fingerprint density at radius 2 is 1.88 bits per heavy atom. The molecular formula is C23H17FN8O. The quantitative estimate of drug-likeness (QED) is 0.410. The topological polar surface area (TPSA) is 149 Å². The number of terminal acetylenes is 1. The van der Waals surface area contributed by atoms with Crippen LogP contribution in [0.5, 0.6) is 0 Å². The van der Waals surface area contributed by atoms with Crippen LogP contribution in [0.4, 0.5) is 22.0 Å². The number of para-hydroxylation sites is 1. The number of rotatable bonds is 4. The predicted molar refractivity (Wildman–Crippen MR) is 123 cm³/mol. The summed E-state index contributed by atoms with van der Waals surface area (Å²) in [5.74, 6) is 1.70. The molecule has 0 aliphatic rings. The van der Waals surface area contributed by atoms with Gasteiger partial charge in [0.05, 0.1) is 17.1 Å². The van der Waals surface area contributed by atoms with Gasteiger partial charge in [0.25, 0.3) is 5.56 Å². The molecule has 2 aromatic heterocycles. The average Bonchev–Trinajstić information content (AvgIpc) is 2.79. The van der Waals surface area contributed by atoms with Gasteiger partial charge in [-0.1, -0.05) is 24.1 Å². The second-order valence-corrected chi connectivity index (χ2v) is 7.08. The lowest BCUT2D eigenvalue weighted by Gasteiger charge is -2.21. The van der Waals surface area contributed by atoms with E-state index in [1.54, 1.807) is 37.3 Å². The SMILES string of the molecule is C#Cc1ccc(F)c2nc(C(C)Nc3nc(N)nc(N)c3C#N)n(-c3ccccc3)c(=O)c12. The van der Waals surface area contributed by atoms with Gasteiger partial charge in [-0.15, -0.1) is 6.42 Å². The summed E-state index contributed by atoms with van der Waals surface area (Å²) in [6, 6.07) is 12.4. The van der Waals surface area contributed by atoms with Crippen molar-refractivity contribution in [1.29, 1.82) is 5.26 Å². The Labute approximate surface area is 187 Å². The first-order valence-corrected chi connectivity index (χ1v) is 9.72. The zero-order valence-electron chi connectivity index (χ0n) is 17.4. The number of nitrogens with two attached hydrogens (primary N) is 2. The summed E-state index contributed by atoms with van der Waals surface area (Å²) < 4.78 is 16.0. The maximum Gasteiger partial charge on any atom is 0.267 e. The molecule has 1 unspecified atom stereocenters. The van der Waals surface area contributed by atoms with Crippen molar-refractivity contribution in [2.24, 2.45) is 0 Å². The monoisotopic (exact) mass is 440 g/mol. The molecule has 1 atom stereocenters. The number of nitrogens with one attached hydrogen (secondary N) is 1.